The van der Waals surface area contributed by atoms with Crippen LogP contribution in [0.5, 0.6) is 5.75 Å². The van der Waals surface area contributed by atoms with Gasteiger partial charge < -0.3 is 10.1 Å². The molecule has 22 heavy (non-hydrogen) atoms. The molecule has 0 unspecified atom stereocenters. The molecule has 1 aromatic carbocycles. The van der Waals surface area contributed by atoms with E-state index in [0.717, 1.165) is 22.4 Å². The lowest BCUT2D eigenvalue weighted by Gasteiger charge is -2.29. The van der Waals surface area contributed by atoms with Crippen LogP contribution in [-0.4, -0.2) is 30.1 Å². The molecule has 5 heteroatoms. The first-order chi connectivity index (χ1) is 10.6. The van der Waals surface area contributed by atoms with Crippen molar-refractivity contribution >= 4 is 33.6 Å². The lowest BCUT2D eigenvalue weighted by molar-refractivity contribution is -0.119. The fourth-order valence-corrected chi connectivity index (χ4v) is 3.71. The third kappa shape index (κ3) is 6.21. The zero-order valence-corrected chi connectivity index (χ0v) is 15.4. The van der Waals surface area contributed by atoms with E-state index in [-0.39, 0.29) is 5.91 Å². The van der Waals surface area contributed by atoms with Gasteiger partial charge in [0.2, 0.25) is 5.91 Å². The first-order valence-electron chi connectivity index (χ1n) is 7.90. The summed E-state index contributed by atoms with van der Waals surface area (Å²) in [6, 6.07) is 8.18. The molecule has 0 aliphatic heterocycles. The minimum Gasteiger partial charge on any atom is -0.493 e. The molecule has 1 aromatic rings. The highest BCUT2D eigenvalue weighted by Crippen LogP contribution is 2.23. The number of carbonyl (C=O) groups excluding carboxylic acids is 1. The number of halogens is 1. The predicted octanol–water partition coefficient (Wildman–Crippen LogP) is 4.26. The highest BCUT2D eigenvalue weighted by atomic mass is 79.9. The van der Waals surface area contributed by atoms with Gasteiger partial charge in [0.1, 0.15) is 5.75 Å². The summed E-state index contributed by atoms with van der Waals surface area (Å²) in [5, 5.41) is 3.18. The molecule has 1 fully saturated rings. The van der Waals surface area contributed by atoms with Gasteiger partial charge in [-0.25, -0.2) is 0 Å². The van der Waals surface area contributed by atoms with Crippen LogP contribution < -0.4 is 10.1 Å². The van der Waals surface area contributed by atoms with Gasteiger partial charge in [-0.15, -0.1) is 11.8 Å². The topological polar surface area (TPSA) is 38.3 Å². The molecular weight excluding hydrogens is 362 g/mol. The fourth-order valence-electron chi connectivity index (χ4n) is 2.72. The second-order valence-electron chi connectivity index (χ2n) is 5.79. The van der Waals surface area contributed by atoms with Crippen molar-refractivity contribution in [2.75, 3.05) is 18.1 Å². The highest BCUT2D eigenvalue weighted by Gasteiger charge is 2.22. The Hall–Kier alpha value is -0.680. The summed E-state index contributed by atoms with van der Waals surface area (Å²) in [7, 11) is 0. The van der Waals surface area contributed by atoms with Crippen molar-refractivity contribution in [1.82, 2.24) is 5.32 Å². The summed E-state index contributed by atoms with van der Waals surface area (Å²) in [6.45, 7) is 2.86. The van der Waals surface area contributed by atoms with E-state index < -0.39 is 0 Å². The number of hydrogen-bond acceptors (Lipinski definition) is 3. The molecule has 1 saturated carbocycles. The van der Waals surface area contributed by atoms with Crippen LogP contribution in [0.2, 0.25) is 0 Å². The Morgan fingerprint density at radius 3 is 3.00 bits per heavy atom. The van der Waals surface area contributed by atoms with Crippen LogP contribution in [0, 0.1) is 5.92 Å². The Bertz CT molecular complexity index is 483. The molecule has 0 heterocycles. The van der Waals surface area contributed by atoms with E-state index in [1.807, 2.05) is 24.3 Å². The second-order valence-corrected chi connectivity index (χ2v) is 7.82. The van der Waals surface area contributed by atoms with Gasteiger partial charge in [0.15, 0.2) is 0 Å². The number of amides is 1. The van der Waals surface area contributed by atoms with Crippen LogP contribution in [-0.2, 0) is 4.79 Å². The van der Waals surface area contributed by atoms with Gasteiger partial charge in [-0.2, -0.15) is 0 Å². The molecule has 0 spiro atoms. The first kappa shape index (κ1) is 17.7. The predicted molar refractivity (Wildman–Crippen MR) is 96.5 cm³/mol. The number of nitrogens with one attached hydrogen (secondary N) is 1. The Morgan fingerprint density at radius 2 is 2.23 bits per heavy atom. The van der Waals surface area contributed by atoms with E-state index in [9.17, 15) is 4.79 Å². The summed E-state index contributed by atoms with van der Waals surface area (Å²) in [4.78, 5) is 12.0. The van der Waals surface area contributed by atoms with Crippen molar-refractivity contribution in [3.05, 3.63) is 28.7 Å². The third-order valence-electron chi connectivity index (χ3n) is 3.98. The van der Waals surface area contributed by atoms with E-state index in [1.165, 1.54) is 19.3 Å². The summed E-state index contributed by atoms with van der Waals surface area (Å²) in [5.41, 5.74) is 0. The number of ether oxygens (including phenoxy) is 1. The summed E-state index contributed by atoms with van der Waals surface area (Å²) < 4.78 is 6.67. The molecule has 122 valence electrons. The highest BCUT2D eigenvalue weighted by molar-refractivity contribution is 9.10. The van der Waals surface area contributed by atoms with E-state index in [4.69, 9.17) is 4.74 Å². The maximum absolute atomic E-state index is 12.0. The van der Waals surface area contributed by atoms with Crippen molar-refractivity contribution in [3.63, 3.8) is 0 Å². The van der Waals surface area contributed by atoms with E-state index in [0.29, 0.717) is 24.3 Å². The zero-order valence-electron chi connectivity index (χ0n) is 13.0. The molecule has 0 aromatic heterocycles. The molecular formula is C17H24BrNO2S. The average molecular weight is 386 g/mol. The van der Waals surface area contributed by atoms with Crippen LogP contribution >= 0.6 is 27.7 Å². The molecule has 1 aliphatic carbocycles. The first-order valence-corrected chi connectivity index (χ1v) is 9.85. The van der Waals surface area contributed by atoms with Crippen LogP contribution in [0.25, 0.3) is 0 Å². The van der Waals surface area contributed by atoms with Crippen LogP contribution in [0.1, 0.15) is 32.6 Å². The fraction of sp³-hybridized carbons (Fsp3) is 0.588. The minimum absolute atomic E-state index is 0.159. The molecule has 1 amide bonds. The molecule has 1 N–H and O–H groups in total. The minimum atomic E-state index is 0.159. The average Bonchev–Trinajstić information content (AvgIpc) is 2.49. The number of hydrogen-bond donors (Lipinski definition) is 1. The van der Waals surface area contributed by atoms with E-state index in [1.54, 1.807) is 11.8 Å². The number of rotatable bonds is 7. The monoisotopic (exact) mass is 385 g/mol. The van der Waals surface area contributed by atoms with Gasteiger partial charge in [-0.05, 0) is 37.0 Å². The van der Waals surface area contributed by atoms with Gasteiger partial charge in [0, 0.05) is 16.3 Å². The SMILES string of the molecule is C[C@H]1CCCC[C@@H]1NC(=O)CSCCOc1cccc(Br)c1. The molecule has 2 atom stereocenters. The Morgan fingerprint density at radius 1 is 1.41 bits per heavy atom. The Kier molecular flexibility index (Phi) is 7.60. The van der Waals surface area contributed by atoms with Crippen LogP contribution in [0.4, 0.5) is 0 Å². The number of carbonyl (C=O) groups is 1. The Balaban J connectivity index is 1.57. The quantitative estimate of drug-likeness (QED) is 0.712. The standard InChI is InChI=1S/C17H24BrNO2S/c1-13-5-2-3-8-16(13)19-17(20)12-22-10-9-21-15-7-4-6-14(18)11-15/h4,6-7,11,13,16H,2-3,5,8-10,12H2,1H3,(H,19,20)/t13-,16-/m0/s1. The van der Waals surface area contributed by atoms with Gasteiger partial charge >= 0.3 is 0 Å². The smallest absolute Gasteiger partial charge is 0.230 e. The van der Waals surface area contributed by atoms with Gasteiger partial charge in [0.05, 0.1) is 12.4 Å². The van der Waals surface area contributed by atoms with Crippen molar-refractivity contribution in [2.45, 2.75) is 38.6 Å². The van der Waals surface area contributed by atoms with Gasteiger partial charge in [0.25, 0.3) is 0 Å². The number of thioether (sulfide) groups is 1. The molecule has 0 bridgehead atoms. The molecule has 0 saturated heterocycles. The maximum Gasteiger partial charge on any atom is 0.230 e. The van der Waals surface area contributed by atoms with Crippen LogP contribution in [0.15, 0.2) is 28.7 Å². The molecule has 2 rings (SSSR count). The molecule has 1 aliphatic rings. The van der Waals surface area contributed by atoms with Crippen molar-refractivity contribution in [2.24, 2.45) is 5.92 Å². The second kappa shape index (κ2) is 9.46. The Labute approximate surface area is 145 Å². The van der Waals surface area contributed by atoms with Crippen molar-refractivity contribution in [3.8, 4) is 5.75 Å². The normalized spacial score (nSPS) is 21.4. The summed E-state index contributed by atoms with van der Waals surface area (Å²) in [6.07, 6.45) is 4.90. The van der Waals surface area contributed by atoms with Crippen molar-refractivity contribution < 1.29 is 9.53 Å². The lowest BCUT2D eigenvalue weighted by Crippen LogP contribution is -2.41. The molecule has 3 nitrogen and oxygen atoms in total. The van der Waals surface area contributed by atoms with Gasteiger partial charge in [-0.3, -0.25) is 4.79 Å². The molecule has 0 radical (unpaired) electrons. The summed E-state index contributed by atoms with van der Waals surface area (Å²) >= 11 is 5.04. The lowest BCUT2D eigenvalue weighted by atomic mass is 9.86. The maximum atomic E-state index is 12.0. The van der Waals surface area contributed by atoms with Crippen molar-refractivity contribution in [1.29, 1.82) is 0 Å². The third-order valence-corrected chi connectivity index (χ3v) is 5.40. The van der Waals surface area contributed by atoms with Crippen LogP contribution in [0.3, 0.4) is 0 Å². The summed E-state index contributed by atoms with van der Waals surface area (Å²) in [5.74, 6) is 2.97. The van der Waals surface area contributed by atoms with E-state index >= 15 is 0 Å². The van der Waals surface area contributed by atoms with Gasteiger partial charge in [-0.1, -0.05) is 41.8 Å². The largest absolute Gasteiger partial charge is 0.493 e. The zero-order chi connectivity index (χ0) is 15.8. The van der Waals surface area contributed by atoms with E-state index in [2.05, 4.69) is 28.2 Å². The number of benzene rings is 1.